The molecule has 0 bridgehead atoms. The van der Waals surface area contributed by atoms with Gasteiger partial charge in [-0.2, -0.15) is 0 Å². The minimum Gasteiger partial charge on any atom is -0.486 e. The van der Waals surface area contributed by atoms with Gasteiger partial charge in [0.15, 0.2) is 11.6 Å². The minimum atomic E-state index is -0.608. The van der Waals surface area contributed by atoms with Crippen LogP contribution >= 0.6 is 23.2 Å². The molecule has 0 aliphatic heterocycles. The summed E-state index contributed by atoms with van der Waals surface area (Å²) >= 11 is 11.3. The van der Waals surface area contributed by atoms with Crippen LogP contribution in [0.1, 0.15) is 13.8 Å². The molecule has 1 aromatic rings. The molecule has 0 heterocycles. The Balaban J connectivity index is 3.10. The third kappa shape index (κ3) is 2.48. The first-order valence-electron chi connectivity index (χ1n) is 3.82. The lowest BCUT2D eigenvalue weighted by Crippen LogP contribution is -2.07. The van der Waals surface area contributed by atoms with E-state index in [1.54, 1.807) is 13.8 Å². The predicted molar refractivity (Wildman–Crippen MR) is 52.2 cm³/mol. The molecule has 0 N–H and O–H groups in total. The average molecular weight is 223 g/mol. The fourth-order valence-corrected chi connectivity index (χ4v) is 1.19. The molecule has 0 spiro atoms. The summed E-state index contributed by atoms with van der Waals surface area (Å²) in [6, 6.07) is 2.90. The number of ether oxygens (including phenoxy) is 1. The molecular formula is C9H9Cl2FO. The summed E-state index contributed by atoms with van der Waals surface area (Å²) in [5.41, 5.74) is 0. The first-order chi connectivity index (χ1) is 6.02. The summed E-state index contributed by atoms with van der Waals surface area (Å²) in [7, 11) is 0. The Morgan fingerprint density at radius 2 is 1.77 bits per heavy atom. The molecule has 0 aromatic heterocycles. The van der Waals surface area contributed by atoms with Crippen molar-refractivity contribution in [2.75, 3.05) is 0 Å². The zero-order valence-corrected chi connectivity index (χ0v) is 8.79. The Morgan fingerprint density at radius 1 is 1.23 bits per heavy atom. The van der Waals surface area contributed by atoms with E-state index in [0.29, 0.717) is 0 Å². The maximum Gasteiger partial charge on any atom is 0.185 e. The maximum atomic E-state index is 13.3. The third-order valence-electron chi connectivity index (χ3n) is 1.36. The molecule has 0 fully saturated rings. The van der Waals surface area contributed by atoms with E-state index in [2.05, 4.69) is 0 Å². The molecule has 0 atom stereocenters. The molecule has 0 saturated heterocycles. The molecule has 0 amide bonds. The number of benzene rings is 1. The lowest BCUT2D eigenvalue weighted by Gasteiger charge is -2.12. The lowest BCUT2D eigenvalue weighted by atomic mass is 10.3. The second kappa shape index (κ2) is 4.16. The van der Waals surface area contributed by atoms with Gasteiger partial charge >= 0.3 is 0 Å². The highest BCUT2D eigenvalue weighted by molar-refractivity contribution is 6.34. The Kier molecular flexibility index (Phi) is 3.40. The SMILES string of the molecule is CC(C)Oc1c(Cl)ccc(Cl)c1F. The van der Waals surface area contributed by atoms with Gasteiger partial charge in [0.2, 0.25) is 0 Å². The van der Waals surface area contributed by atoms with E-state index >= 15 is 0 Å². The van der Waals surface area contributed by atoms with Crippen LogP contribution in [0.3, 0.4) is 0 Å². The number of hydrogen-bond acceptors (Lipinski definition) is 1. The normalized spacial score (nSPS) is 10.6. The van der Waals surface area contributed by atoms with Gasteiger partial charge in [-0.05, 0) is 26.0 Å². The lowest BCUT2D eigenvalue weighted by molar-refractivity contribution is 0.231. The van der Waals surface area contributed by atoms with Gasteiger partial charge in [0.05, 0.1) is 16.1 Å². The van der Waals surface area contributed by atoms with Crippen molar-refractivity contribution in [3.63, 3.8) is 0 Å². The molecule has 1 aromatic carbocycles. The monoisotopic (exact) mass is 222 g/mol. The van der Waals surface area contributed by atoms with Crippen LogP contribution in [0, 0.1) is 5.82 Å². The minimum absolute atomic E-state index is 0.0139. The fourth-order valence-electron chi connectivity index (χ4n) is 0.852. The Morgan fingerprint density at radius 3 is 2.31 bits per heavy atom. The van der Waals surface area contributed by atoms with E-state index in [9.17, 15) is 4.39 Å². The van der Waals surface area contributed by atoms with Crippen molar-refractivity contribution < 1.29 is 9.13 Å². The second-order valence-corrected chi connectivity index (χ2v) is 3.65. The van der Waals surface area contributed by atoms with E-state index in [4.69, 9.17) is 27.9 Å². The summed E-state index contributed by atoms with van der Waals surface area (Å²) in [5.74, 6) is -0.591. The molecule has 0 aliphatic carbocycles. The first-order valence-corrected chi connectivity index (χ1v) is 4.58. The Labute approximate surface area is 86.4 Å². The van der Waals surface area contributed by atoms with Crippen molar-refractivity contribution in [2.45, 2.75) is 20.0 Å². The van der Waals surface area contributed by atoms with Crippen molar-refractivity contribution in [3.8, 4) is 5.75 Å². The average Bonchev–Trinajstić information content (AvgIpc) is 2.05. The molecule has 0 radical (unpaired) electrons. The summed E-state index contributed by atoms with van der Waals surface area (Å²) in [6.07, 6.45) is -0.134. The smallest absolute Gasteiger partial charge is 0.185 e. The quantitative estimate of drug-likeness (QED) is 0.690. The van der Waals surface area contributed by atoms with Gasteiger partial charge in [0.1, 0.15) is 0 Å². The Bertz CT molecular complexity index is 313. The van der Waals surface area contributed by atoms with Gasteiger partial charge in [-0.1, -0.05) is 23.2 Å². The van der Waals surface area contributed by atoms with Crippen molar-refractivity contribution in [3.05, 3.63) is 28.0 Å². The van der Waals surface area contributed by atoms with Crippen LogP contribution in [0.25, 0.3) is 0 Å². The highest BCUT2D eigenvalue weighted by atomic mass is 35.5. The van der Waals surface area contributed by atoms with Gasteiger partial charge in [0, 0.05) is 0 Å². The van der Waals surface area contributed by atoms with Crippen molar-refractivity contribution in [2.24, 2.45) is 0 Å². The third-order valence-corrected chi connectivity index (χ3v) is 1.95. The van der Waals surface area contributed by atoms with Crippen molar-refractivity contribution >= 4 is 23.2 Å². The van der Waals surface area contributed by atoms with Crippen molar-refractivity contribution in [1.29, 1.82) is 0 Å². The highest BCUT2D eigenvalue weighted by Gasteiger charge is 2.13. The first kappa shape index (κ1) is 10.6. The van der Waals surface area contributed by atoms with Crippen LogP contribution in [0.2, 0.25) is 10.0 Å². The van der Waals surface area contributed by atoms with E-state index in [-0.39, 0.29) is 21.9 Å². The molecule has 13 heavy (non-hydrogen) atoms. The van der Waals surface area contributed by atoms with Crippen LogP contribution in [-0.2, 0) is 0 Å². The molecule has 1 rings (SSSR count). The zero-order valence-electron chi connectivity index (χ0n) is 7.27. The largest absolute Gasteiger partial charge is 0.486 e. The van der Waals surface area contributed by atoms with E-state index < -0.39 is 5.82 Å². The second-order valence-electron chi connectivity index (χ2n) is 2.84. The Hall–Kier alpha value is -0.470. The zero-order chi connectivity index (χ0) is 10.0. The van der Waals surface area contributed by atoms with Gasteiger partial charge < -0.3 is 4.74 Å². The molecule has 4 heteroatoms. The summed E-state index contributed by atoms with van der Waals surface area (Å²) in [6.45, 7) is 3.58. The molecule has 0 saturated carbocycles. The molecule has 0 unspecified atom stereocenters. The topological polar surface area (TPSA) is 9.23 Å². The number of halogens is 3. The maximum absolute atomic E-state index is 13.3. The van der Waals surface area contributed by atoms with Crippen molar-refractivity contribution in [1.82, 2.24) is 0 Å². The fraction of sp³-hybridized carbons (Fsp3) is 0.333. The standard InChI is InChI=1S/C9H9Cl2FO/c1-5(2)13-9-7(11)4-3-6(10)8(9)12/h3-5H,1-2H3. The predicted octanol–water partition coefficient (Wildman–Crippen LogP) is 3.92. The molecular weight excluding hydrogens is 214 g/mol. The number of rotatable bonds is 2. The van der Waals surface area contributed by atoms with Crippen LogP contribution in [-0.4, -0.2) is 6.10 Å². The van der Waals surface area contributed by atoms with Gasteiger partial charge in [-0.3, -0.25) is 0 Å². The van der Waals surface area contributed by atoms with E-state index in [0.717, 1.165) is 0 Å². The molecule has 0 aliphatic rings. The van der Waals surface area contributed by atoms with Gasteiger partial charge in [0.25, 0.3) is 0 Å². The van der Waals surface area contributed by atoms with Crippen LogP contribution in [0.15, 0.2) is 12.1 Å². The summed E-state index contributed by atoms with van der Waals surface area (Å²) < 4.78 is 18.4. The van der Waals surface area contributed by atoms with Crippen LogP contribution in [0.5, 0.6) is 5.75 Å². The van der Waals surface area contributed by atoms with E-state index in [1.165, 1.54) is 12.1 Å². The molecule has 72 valence electrons. The van der Waals surface area contributed by atoms with Gasteiger partial charge in [-0.25, -0.2) is 4.39 Å². The summed E-state index contributed by atoms with van der Waals surface area (Å²) in [5, 5.41) is 0.246. The summed E-state index contributed by atoms with van der Waals surface area (Å²) in [4.78, 5) is 0. The molecule has 1 nitrogen and oxygen atoms in total. The van der Waals surface area contributed by atoms with Gasteiger partial charge in [-0.15, -0.1) is 0 Å². The van der Waals surface area contributed by atoms with Crippen LogP contribution in [0.4, 0.5) is 4.39 Å². The number of hydrogen-bond donors (Lipinski definition) is 0. The van der Waals surface area contributed by atoms with E-state index in [1.807, 2.05) is 0 Å². The van der Waals surface area contributed by atoms with Crippen LogP contribution < -0.4 is 4.74 Å². The highest BCUT2D eigenvalue weighted by Crippen LogP contribution is 2.32.